The lowest BCUT2D eigenvalue weighted by molar-refractivity contribution is 0.0387. The first-order valence-electron chi connectivity index (χ1n) is 5.99. The van der Waals surface area contributed by atoms with Gasteiger partial charge in [0.25, 0.3) is 11.8 Å². The van der Waals surface area contributed by atoms with E-state index in [0.29, 0.717) is 17.7 Å². The molecule has 20 heavy (non-hydrogen) atoms. The molecule has 1 aromatic rings. The number of fused-ring (bicyclic) bond motifs is 1. The number of carbonyl (C=O) groups is 2. The highest BCUT2D eigenvalue weighted by molar-refractivity contribution is 8.10. The summed E-state index contributed by atoms with van der Waals surface area (Å²) < 4.78 is 10.5. The fraction of sp³-hybridized carbons (Fsp3) is 0.333. The molecule has 6 nitrogen and oxygen atoms in total. The standard InChI is InChI=1S/C12H13N2O4PS/c1-17-19(20,18-2)10-7-13(10)14-11(15)8-5-3-4-6-9(8)12(14)16/h3-6,10H,7H2,1-2H3. The molecular weight excluding hydrogens is 299 g/mol. The summed E-state index contributed by atoms with van der Waals surface area (Å²) in [4.78, 5) is 24.6. The minimum absolute atomic E-state index is 0.227. The molecule has 2 aliphatic heterocycles. The van der Waals surface area contributed by atoms with Crippen LogP contribution in [0.3, 0.4) is 0 Å². The van der Waals surface area contributed by atoms with Crippen molar-refractivity contribution in [3.05, 3.63) is 35.4 Å². The molecule has 8 heteroatoms. The molecule has 0 bridgehead atoms. The van der Waals surface area contributed by atoms with E-state index in [0.717, 1.165) is 5.01 Å². The SMILES string of the molecule is COP(=S)(OC)C1CN1N1C(=O)c2ccccc2C1=O. The van der Waals surface area contributed by atoms with E-state index in [2.05, 4.69) is 0 Å². The van der Waals surface area contributed by atoms with Gasteiger partial charge in [-0.3, -0.25) is 9.59 Å². The Kier molecular flexibility index (Phi) is 3.27. The molecule has 0 N–H and O–H groups in total. The summed E-state index contributed by atoms with van der Waals surface area (Å²) in [7, 11) is 2.98. The molecule has 0 aliphatic carbocycles. The minimum Gasteiger partial charge on any atom is -0.332 e. The molecule has 0 saturated carbocycles. The van der Waals surface area contributed by atoms with Gasteiger partial charge in [0.1, 0.15) is 5.78 Å². The quantitative estimate of drug-likeness (QED) is 0.476. The van der Waals surface area contributed by atoms with Crippen molar-refractivity contribution in [3.8, 4) is 0 Å². The van der Waals surface area contributed by atoms with Crippen LogP contribution in [-0.2, 0) is 20.9 Å². The lowest BCUT2D eigenvalue weighted by Crippen LogP contribution is -2.36. The molecule has 0 radical (unpaired) electrons. The predicted octanol–water partition coefficient (Wildman–Crippen LogP) is 1.44. The molecule has 1 fully saturated rings. The summed E-state index contributed by atoms with van der Waals surface area (Å²) in [6, 6.07) is 6.78. The average Bonchev–Trinajstić information content (AvgIpc) is 3.22. The Morgan fingerprint density at radius 2 is 1.65 bits per heavy atom. The third-order valence-electron chi connectivity index (χ3n) is 3.46. The molecule has 3 rings (SSSR count). The largest absolute Gasteiger partial charge is 0.332 e. The number of imide groups is 1. The summed E-state index contributed by atoms with van der Waals surface area (Å²) >= 11 is 5.34. The van der Waals surface area contributed by atoms with Crippen LogP contribution in [0.2, 0.25) is 0 Å². The van der Waals surface area contributed by atoms with Crippen LogP contribution in [0.25, 0.3) is 0 Å². The topological polar surface area (TPSA) is 58.9 Å². The van der Waals surface area contributed by atoms with Crippen LogP contribution in [0.1, 0.15) is 20.7 Å². The van der Waals surface area contributed by atoms with Gasteiger partial charge < -0.3 is 9.05 Å². The van der Waals surface area contributed by atoms with Gasteiger partial charge in [0.05, 0.1) is 11.1 Å². The van der Waals surface area contributed by atoms with E-state index < -0.39 is 6.49 Å². The summed E-state index contributed by atoms with van der Waals surface area (Å²) in [6.07, 6.45) is 0. The van der Waals surface area contributed by atoms with E-state index in [1.165, 1.54) is 14.2 Å². The van der Waals surface area contributed by atoms with Crippen LogP contribution in [-0.4, -0.2) is 48.4 Å². The van der Waals surface area contributed by atoms with Gasteiger partial charge in [-0.2, -0.15) is 5.01 Å². The number of hydrogen-bond donors (Lipinski definition) is 0. The number of hydrazine groups is 1. The average molecular weight is 312 g/mol. The van der Waals surface area contributed by atoms with Crippen LogP contribution in [0.15, 0.2) is 24.3 Å². The van der Waals surface area contributed by atoms with Gasteiger partial charge in [0.2, 0.25) is 6.49 Å². The van der Waals surface area contributed by atoms with Crippen LogP contribution in [0.5, 0.6) is 0 Å². The number of benzene rings is 1. The molecule has 2 heterocycles. The van der Waals surface area contributed by atoms with Gasteiger partial charge >= 0.3 is 0 Å². The number of hydrogen-bond acceptors (Lipinski definition) is 6. The molecule has 106 valence electrons. The van der Waals surface area contributed by atoms with Gasteiger partial charge in [0, 0.05) is 20.8 Å². The van der Waals surface area contributed by atoms with Crippen molar-refractivity contribution in [1.82, 2.24) is 10.0 Å². The van der Waals surface area contributed by atoms with Gasteiger partial charge in [-0.25, -0.2) is 5.01 Å². The number of rotatable bonds is 4. The molecule has 1 aromatic carbocycles. The summed E-state index contributed by atoms with van der Waals surface area (Å²) in [6.45, 7) is -2.00. The molecule has 2 atom stereocenters. The van der Waals surface area contributed by atoms with Crippen molar-refractivity contribution >= 4 is 30.1 Å². The maximum Gasteiger partial charge on any atom is 0.276 e. The van der Waals surface area contributed by atoms with Gasteiger partial charge in [-0.05, 0) is 23.9 Å². The van der Waals surface area contributed by atoms with E-state index in [-0.39, 0.29) is 17.6 Å². The molecule has 0 aromatic heterocycles. The second-order valence-electron chi connectivity index (χ2n) is 4.48. The highest BCUT2D eigenvalue weighted by Crippen LogP contribution is 2.59. The normalized spacial score (nSPS) is 25.0. The van der Waals surface area contributed by atoms with Crippen molar-refractivity contribution in [3.63, 3.8) is 0 Å². The Bertz CT molecular complexity index is 607. The Balaban J connectivity index is 1.88. The Labute approximate surface area is 121 Å². The zero-order valence-electron chi connectivity index (χ0n) is 11.0. The Morgan fingerprint density at radius 3 is 2.10 bits per heavy atom. The summed E-state index contributed by atoms with van der Waals surface area (Å²) in [5.74, 6) is -0.863. The number of nitrogens with zero attached hydrogens (tertiary/aromatic N) is 2. The molecular formula is C12H13N2O4PS. The highest BCUT2D eigenvalue weighted by Gasteiger charge is 2.55. The summed E-state index contributed by atoms with van der Waals surface area (Å²) in [5, 5.41) is 2.77. The molecule has 2 aliphatic rings. The smallest absolute Gasteiger partial charge is 0.276 e. The van der Waals surface area contributed by atoms with Crippen molar-refractivity contribution in [2.24, 2.45) is 0 Å². The highest BCUT2D eigenvalue weighted by atomic mass is 32.5. The lowest BCUT2D eigenvalue weighted by Gasteiger charge is -2.21. The molecule has 0 spiro atoms. The minimum atomic E-state index is -2.49. The van der Waals surface area contributed by atoms with E-state index in [4.69, 9.17) is 20.9 Å². The third-order valence-corrected chi connectivity index (χ3v) is 7.27. The first kappa shape index (κ1) is 13.9. The van der Waals surface area contributed by atoms with Crippen molar-refractivity contribution in [2.75, 3.05) is 20.8 Å². The van der Waals surface area contributed by atoms with Crippen molar-refractivity contribution < 1.29 is 18.6 Å². The lowest BCUT2D eigenvalue weighted by atomic mass is 10.1. The third kappa shape index (κ3) is 1.86. The zero-order valence-corrected chi connectivity index (χ0v) is 12.7. The molecule has 2 amide bonds. The van der Waals surface area contributed by atoms with E-state index in [1.54, 1.807) is 29.3 Å². The van der Waals surface area contributed by atoms with Crippen molar-refractivity contribution in [1.29, 1.82) is 0 Å². The Morgan fingerprint density at radius 1 is 1.15 bits per heavy atom. The van der Waals surface area contributed by atoms with E-state index in [9.17, 15) is 9.59 Å². The second-order valence-corrected chi connectivity index (χ2v) is 8.41. The maximum absolute atomic E-state index is 12.3. The van der Waals surface area contributed by atoms with E-state index >= 15 is 0 Å². The number of amides is 2. The second kappa shape index (κ2) is 4.72. The number of carbonyl (C=O) groups excluding carboxylic acids is 2. The van der Waals surface area contributed by atoms with E-state index in [1.807, 2.05) is 0 Å². The van der Waals surface area contributed by atoms with Gasteiger partial charge in [0.15, 0.2) is 0 Å². The van der Waals surface area contributed by atoms with Crippen molar-refractivity contribution in [2.45, 2.75) is 5.78 Å². The Hall–Kier alpha value is -1.11. The van der Waals surface area contributed by atoms with Gasteiger partial charge in [-0.1, -0.05) is 12.1 Å². The summed E-state index contributed by atoms with van der Waals surface area (Å²) in [5.41, 5.74) is 0.845. The van der Waals surface area contributed by atoms with Crippen LogP contribution in [0.4, 0.5) is 0 Å². The molecule has 1 saturated heterocycles. The van der Waals surface area contributed by atoms with Crippen LogP contribution >= 0.6 is 6.49 Å². The fourth-order valence-electron chi connectivity index (χ4n) is 2.33. The first-order chi connectivity index (χ1) is 9.53. The predicted molar refractivity (Wildman–Crippen MR) is 75.7 cm³/mol. The monoisotopic (exact) mass is 312 g/mol. The van der Waals surface area contributed by atoms with Gasteiger partial charge in [-0.15, -0.1) is 0 Å². The zero-order chi connectivity index (χ0) is 14.5. The van der Waals surface area contributed by atoms with Crippen LogP contribution in [0, 0.1) is 0 Å². The maximum atomic E-state index is 12.3. The molecule has 2 unspecified atom stereocenters. The first-order valence-corrected chi connectivity index (χ1v) is 8.70. The fourth-order valence-corrected chi connectivity index (χ4v) is 4.29. The van der Waals surface area contributed by atoms with Crippen LogP contribution < -0.4 is 0 Å².